The molecule has 0 radical (unpaired) electrons. The largest absolute Gasteiger partial charge is 0.347 e. The first-order chi connectivity index (χ1) is 7.51. The van der Waals surface area contributed by atoms with Crippen molar-refractivity contribution in [2.24, 2.45) is 5.73 Å². The van der Waals surface area contributed by atoms with Gasteiger partial charge in [0.1, 0.15) is 0 Å². The fourth-order valence-electron chi connectivity index (χ4n) is 1.27. The van der Waals surface area contributed by atoms with Gasteiger partial charge in [0.05, 0.1) is 6.54 Å². The zero-order chi connectivity index (χ0) is 12.6. The number of carbonyl (C=O) groups excluding carboxylic acids is 2. The molecule has 5 heteroatoms. The maximum Gasteiger partial charge on any atom is 0.241 e. The molecule has 0 rings (SSSR count). The summed E-state index contributed by atoms with van der Waals surface area (Å²) in [6, 6.07) is -0.107. The minimum Gasteiger partial charge on any atom is -0.347 e. The van der Waals surface area contributed by atoms with Gasteiger partial charge in [-0.2, -0.15) is 0 Å². The molecule has 0 spiro atoms. The lowest BCUT2D eigenvalue weighted by Crippen LogP contribution is -2.39. The number of carbonyl (C=O) groups is 2. The summed E-state index contributed by atoms with van der Waals surface area (Å²) in [5.41, 5.74) is 5.72. The normalized spacial score (nSPS) is 12.0. The van der Waals surface area contributed by atoms with Crippen LogP contribution in [0.2, 0.25) is 0 Å². The van der Waals surface area contributed by atoms with Crippen molar-refractivity contribution in [3.63, 3.8) is 0 Å². The van der Waals surface area contributed by atoms with E-state index in [9.17, 15) is 9.59 Å². The molecule has 1 atom stereocenters. The number of nitrogens with zero attached hydrogens (tertiary/aromatic N) is 1. The molecule has 2 amide bonds. The predicted molar refractivity (Wildman–Crippen MR) is 63.8 cm³/mol. The first kappa shape index (κ1) is 14.9. The molecular formula is C11H23N3O2. The molecular weight excluding hydrogens is 206 g/mol. The van der Waals surface area contributed by atoms with E-state index >= 15 is 0 Å². The van der Waals surface area contributed by atoms with Crippen LogP contribution in [0.4, 0.5) is 0 Å². The highest BCUT2D eigenvalue weighted by Gasteiger charge is 2.11. The number of nitrogens with one attached hydrogen (secondary N) is 1. The first-order valence-corrected chi connectivity index (χ1v) is 5.77. The Morgan fingerprint density at radius 1 is 1.38 bits per heavy atom. The molecule has 0 aliphatic carbocycles. The number of rotatable bonds is 7. The summed E-state index contributed by atoms with van der Waals surface area (Å²) in [5.74, 6) is -0.237. The Morgan fingerprint density at radius 3 is 2.50 bits per heavy atom. The van der Waals surface area contributed by atoms with Gasteiger partial charge in [-0.3, -0.25) is 9.59 Å². The lowest BCUT2D eigenvalue weighted by Gasteiger charge is -2.15. The Bertz CT molecular complexity index is 231. The molecule has 0 aromatic carbocycles. The van der Waals surface area contributed by atoms with Crippen molar-refractivity contribution >= 4 is 11.8 Å². The number of hydrogen-bond donors (Lipinski definition) is 2. The van der Waals surface area contributed by atoms with Crippen LogP contribution in [0, 0.1) is 0 Å². The van der Waals surface area contributed by atoms with Crippen LogP contribution in [-0.4, -0.2) is 42.9 Å². The Kier molecular flexibility index (Phi) is 7.54. The van der Waals surface area contributed by atoms with E-state index in [1.165, 1.54) is 0 Å². The van der Waals surface area contributed by atoms with Gasteiger partial charge in [0.15, 0.2) is 0 Å². The third kappa shape index (κ3) is 6.40. The van der Waals surface area contributed by atoms with Gasteiger partial charge in [0.25, 0.3) is 0 Å². The topological polar surface area (TPSA) is 75.4 Å². The van der Waals surface area contributed by atoms with E-state index in [1.807, 2.05) is 13.8 Å². The molecule has 0 saturated heterocycles. The smallest absolute Gasteiger partial charge is 0.241 e. The zero-order valence-corrected chi connectivity index (χ0v) is 10.5. The summed E-state index contributed by atoms with van der Waals surface area (Å²) in [6.07, 6.45) is 2.08. The minimum atomic E-state index is -0.154. The van der Waals surface area contributed by atoms with E-state index in [2.05, 4.69) is 5.32 Å². The van der Waals surface area contributed by atoms with Crippen molar-refractivity contribution in [3.8, 4) is 0 Å². The molecule has 0 saturated carbocycles. The summed E-state index contributed by atoms with van der Waals surface area (Å²) < 4.78 is 0. The second-order valence-electron chi connectivity index (χ2n) is 3.94. The van der Waals surface area contributed by atoms with Gasteiger partial charge in [-0.1, -0.05) is 13.3 Å². The lowest BCUT2D eigenvalue weighted by molar-refractivity contribution is -0.131. The molecule has 0 bridgehead atoms. The predicted octanol–water partition coefficient (Wildman–Crippen LogP) is 0.0984. The van der Waals surface area contributed by atoms with Crippen molar-refractivity contribution < 1.29 is 9.59 Å². The maximum atomic E-state index is 11.4. The Morgan fingerprint density at radius 2 is 2.00 bits per heavy atom. The summed E-state index contributed by atoms with van der Waals surface area (Å²) in [5, 5.41) is 2.58. The van der Waals surface area contributed by atoms with E-state index in [-0.39, 0.29) is 30.8 Å². The number of hydrogen-bond acceptors (Lipinski definition) is 3. The molecule has 0 aliphatic rings. The van der Waals surface area contributed by atoms with Crippen molar-refractivity contribution in [2.45, 2.75) is 39.2 Å². The SMILES string of the molecule is CCCC(N)CC(=O)NCC(=O)N(C)CC. The average molecular weight is 229 g/mol. The summed E-state index contributed by atoms with van der Waals surface area (Å²) in [7, 11) is 1.71. The van der Waals surface area contributed by atoms with Gasteiger partial charge in [0, 0.05) is 26.1 Å². The number of amides is 2. The Balaban J connectivity index is 3.77. The van der Waals surface area contributed by atoms with E-state index < -0.39 is 0 Å². The van der Waals surface area contributed by atoms with Gasteiger partial charge in [0.2, 0.25) is 11.8 Å². The molecule has 1 unspecified atom stereocenters. The zero-order valence-electron chi connectivity index (χ0n) is 10.5. The summed E-state index contributed by atoms with van der Waals surface area (Å²) in [4.78, 5) is 24.3. The van der Waals surface area contributed by atoms with E-state index in [0.717, 1.165) is 12.8 Å². The van der Waals surface area contributed by atoms with Crippen molar-refractivity contribution in [1.29, 1.82) is 0 Å². The van der Waals surface area contributed by atoms with Crippen molar-refractivity contribution in [1.82, 2.24) is 10.2 Å². The van der Waals surface area contributed by atoms with Crippen LogP contribution >= 0.6 is 0 Å². The molecule has 0 aliphatic heterocycles. The van der Waals surface area contributed by atoms with Crippen LogP contribution in [0.5, 0.6) is 0 Å². The molecule has 0 heterocycles. The molecule has 0 aromatic rings. The fraction of sp³-hybridized carbons (Fsp3) is 0.818. The highest BCUT2D eigenvalue weighted by Crippen LogP contribution is 1.97. The fourth-order valence-corrected chi connectivity index (χ4v) is 1.27. The molecule has 5 nitrogen and oxygen atoms in total. The van der Waals surface area contributed by atoms with E-state index in [4.69, 9.17) is 5.73 Å². The molecule has 94 valence electrons. The number of nitrogens with two attached hydrogens (primary N) is 1. The van der Waals surface area contributed by atoms with Crippen LogP contribution in [-0.2, 0) is 9.59 Å². The monoisotopic (exact) mass is 229 g/mol. The summed E-state index contributed by atoms with van der Waals surface area (Å²) >= 11 is 0. The Hall–Kier alpha value is -1.10. The Labute approximate surface area is 97.4 Å². The molecule has 3 N–H and O–H groups in total. The van der Waals surface area contributed by atoms with Crippen LogP contribution in [0.1, 0.15) is 33.1 Å². The highest BCUT2D eigenvalue weighted by molar-refractivity contribution is 5.84. The minimum absolute atomic E-state index is 0.0576. The van der Waals surface area contributed by atoms with Crippen molar-refractivity contribution in [3.05, 3.63) is 0 Å². The third-order valence-electron chi connectivity index (χ3n) is 2.44. The molecule has 0 fully saturated rings. The second-order valence-corrected chi connectivity index (χ2v) is 3.94. The lowest BCUT2D eigenvalue weighted by atomic mass is 10.1. The highest BCUT2D eigenvalue weighted by atomic mass is 16.2. The van der Waals surface area contributed by atoms with Gasteiger partial charge in [-0.05, 0) is 13.3 Å². The van der Waals surface area contributed by atoms with Gasteiger partial charge in [-0.25, -0.2) is 0 Å². The second kappa shape index (κ2) is 8.10. The third-order valence-corrected chi connectivity index (χ3v) is 2.44. The maximum absolute atomic E-state index is 11.4. The van der Waals surface area contributed by atoms with Crippen LogP contribution in [0.3, 0.4) is 0 Å². The molecule has 16 heavy (non-hydrogen) atoms. The van der Waals surface area contributed by atoms with Gasteiger partial charge in [-0.15, -0.1) is 0 Å². The van der Waals surface area contributed by atoms with E-state index in [0.29, 0.717) is 6.54 Å². The van der Waals surface area contributed by atoms with Gasteiger partial charge >= 0.3 is 0 Å². The van der Waals surface area contributed by atoms with Crippen molar-refractivity contribution in [2.75, 3.05) is 20.1 Å². The van der Waals surface area contributed by atoms with Crippen LogP contribution in [0.25, 0.3) is 0 Å². The average Bonchev–Trinajstić information content (AvgIpc) is 2.24. The quantitative estimate of drug-likeness (QED) is 0.650. The standard InChI is InChI=1S/C11H23N3O2/c1-4-6-9(12)7-10(15)13-8-11(16)14(3)5-2/h9H,4-8,12H2,1-3H3,(H,13,15). The van der Waals surface area contributed by atoms with E-state index in [1.54, 1.807) is 11.9 Å². The summed E-state index contributed by atoms with van der Waals surface area (Å²) in [6.45, 7) is 4.61. The van der Waals surface area contributed by atoms with Gasteiger partial charge < -0.3 is 16.0 Å². The number of likely N-dealkylation sites (N-methyl/N-ethyl adjacent to an activating group) is 1. The van der Waals surface area contributed by atoms with Crippen LogP contribution < -0.4 is 11.1 Å². The van der Waals surface area contributed by atoms with Crippen LogP contribution in [0.15, 0.2) is 0 Å². The molecule has 0 aromatic heterocycles. The first-order valence-electron chi connectivity index (χ1n) is 5.77.